The fraction of sp³-hybridized carbons (Fsp3) is 0.167. The smallest absolute Gasteiger partial charge is 0.277 e. The van der Waals surface area contributed by atoms with Crippen LogP contribution in [-0.4, -0.2) is 31.9 Å². The van der Waals surface area contributed by atoms with Crippen LogP contribution >= 0.6 is 11.8 Å². The van der Waals surface area contributed by atoms with E-state index in [1.165, 1.54) is 23.8 Å². The van der Waals surface area contributed by atoms with Gasteiger partial charge in [-0.3, -0.25) is 4.79 Å². The maximum Gasteiger partial charge on any atom is 0.277 e. The predicted octanol–water partition coefficient (Wildman–Crippen LogP) is 3.74. The number of benzene rings is 2. The molecule has 0 atom stereocenters. The van der Waals surface area contributed by atoms with E-state index in [2.05, 4.69) is 10.2 Å². The van der Waals surface area contributed by atoms with Gasteiger partial charge in [-0.15, -0.1) is 10.2 Å². The molecular formula is C18H16N2O4S. The summed E-state index contributed by atoms with van der Waals surface area (Å²) in [6.07, 6.45) is 0. The first-order chi connectivity index (χ1) is 11.9. The van der Waals surface area contributed by atoms with Gasteiger partial charge >= 0.3 is 0 Å². The lowest BCUT2D eigenvalue weighted by molar-refractivity contribution is 0.102. The molecule has 0 saturated heterocycles. The molecule has 0 spiro atoms. The highest BCUT2D eigenvalue weighted by atomic mass is 32.2. The van der Waals surface area contributed by atoms with Crippen LogP contribution in [0.3, 0.4) is 0 Å². The Morgan fingerprint density at radius 1 is 1.04 bits per heavy atom. The Balaban J connectivity index is 1.68. The fourth-order valence-corrected chi connectivity index (χ4v) is 2.82. The first kappa shape index (κ1) is 17.0. The number of thioether (sulfide) groups is 1. The number of Topliss-reactive ketones (excluding diaryl/α,β-unsaturated/α-hetero) is 1. The van der Waals surface area contributed by atoms with Crippen molar-refractivity contribution in [2.75, 3.05) is 5.75 Å². The molecule has 0 aliphatic heterocycles. The molecule has 128 valence electrons. The number of aromatic hydroxyl groups is 2. The van der Waals surface area contributed by atoms with E-state index >= 15 is 0 Å². The minimum absolute atomic E-state index is 0.0821. The quantitative estimate of drug-likeness (QED) is 0.408. The summed E-state index contributed by atoms with van der Waals surface area (Å²) in [5.74, 6) is -0.324. The van der Waals surface area contributed by atoms with Gasteiger partial charge in [0, 0.05) is 11.1 Å². The maximum absolute atomic E-state index is 12.1. The SMILES string of the molecule is Cc1ccc(-c2nnc(SCC(=O)c3ccc(O)c(O)c3)o2)cc1C. The summed E-state index contributed by atoms with van der Waals surface area (Å²) in [5, 5.41) is 27.0. The Bertz CT molecular complexity index is 937. The lowest BCUT2D eigenvalue weighted by Crippen LogP contribution is -2.01. The molecule has 7 heteroatoms. The number of aromatic nitrogens is 2. The van der Waals surface area contributed by atoms with Crippen LogP contribution < -0.4 is 0 Å². The molecular weight excluding hydrogens is 340 g/mol. The number of phenols is 2. The van der Waals surface area contributed by atoms with Gasteiger partial charge in [0.1, 0.15) is 0 Å². The molecule has 0 radical (unpaired) electrons. The van der Waals surface area contributed by atoms with E-state index in [4.69, 9.17) is 4.42 Å². The molecule has 1 aromatic heterocycles. The minimum Gasteiger partial charge on any atom is -0.504 e. The van der Waals surface area contributed by atoms with Crippen molar-refractivity contribution < 1.29 is 19.4 Å². The van der Waals surface area contributed by atoms with E-state index in [-0.39, 0.29) is 23.0 Å². The topological polar surface area (TPSA) is 96.5 Å². The third kappa shape index (κ3) is 3.83. The molecule has 0 aliphatic rings. The molecule has 6 nitrogen and oxygen atoms in total. The summed E-state index contributed by atoms with van der Waals surface area (Å²) in [4.78, 5) is 12.1. The molecule has 0 amide bonds. The molecule has 3 rings (SSSR count). The first-order valence-corrected chi connectivity index (χ1v) is 8.51. The van der Waals surface area contributed by atoms with Crippen LogP contribution in [-0.2, 0) is 0 Å². The highest BCUT2D eigenvalue weighted by Crippen LogP contribution is 2.27. The first-order valence-electron chi connectivity index (χ1n) is 7.53. The largest absolute Gasteiger partial charge is 0.504 e. The number of rotatable bonds is 5. The van der Waals surface area contributed by atoms with E-state index < -0.39 is 0 Å². The average molecular weight is 356 g/mol. The van der Waals surface area contributed by atoms with Crippen molar-refractivity contribution in [3.63, 3.8) is 0 Å². The van der Waals surface area contributed by atoms with Crippen LogP contribution in [0.2, 0.25) is 0 Å². The van der Waals surface area contributed by atoms with E-state index in [1.807, 2.05) is 32.0 Å². The second-order valence-electron chi connectivity index (χ2n) is 5.59. The number of hydrogen-bond donors (Lipinski definition) is 2. The highest BCUT2D eigenvalue weighted by molar-refractivity contribution is 7.99. The lowest BCUT2D eigenvalue weighted by Gasteiger charge is -2.02. The normalized spacial score (nSPS) is 10.8. The summed E-state index contributed by atoms with van der Waals surface area (Å²) in [6.45, 7) is 4.04. The van der Waals surface area contributed by atoms with Crippen LogP contribution in [0.25, 0.3) is 11.5 Å². The standard InChI is InChI=1S/C18H16N2O4S/c1-10-3-4-13(7-11(10)2)17-19-20-18(24-17)25-9-16(23)12-5-6-14(21)15(22)8-12/h3-8,21-22H,9H2,1-2H3. The van der Waals surface area contributed by atoms with Crippen LogP contribution in [0.15, 0.2) is 46.0 Å². The monoisotopic (exact) mass is 356 g/mol. The molecule has 25 heavy (non-hydrogen) atoms. The Morgan fingerprint density at radius 2 is 1.84 bits per heavy atom. The van der Waals surface area contributed by atoms with Gasteiger partial charge in [0.25, 0.3) is 5.22 Å². The van der Waals surface area contributed by atoms with Gasteiger partial charge in [-0.2, -0.15) is 0 Å². The number of nitrogens with zero attached hydrogens (tertiary/aromatic N) is 2. The number of carbonyl (C=O) groups excluding carboxylic acids is 1. The summed E-state index contributed by atoms with van der Waals surface area (Å²) in [6, 6.07) is 9.83. The van der Waals surface area contributed by atoms with Gasteiger partial charge < -0.3 is 14.6 Å². The number of hydrogen-bond acceptors (Lipinski definition) is 7. The van der Waals surface area contributed by atoms with Crippen molar-refractivity contribution in [3.8, 4) is 23.0 Å². The van der Waals surface area contributed by atoms with Gasteiger partial charge in [-0.1, -0.05) is 17.8 Å². The fourth-order valence-electron chi connectivity index (χ4n) is 2.17. The van der Waals surface area contributed by atoms with Crippen molar-refractivity contribution >= 4 is 17.5 Å². The Labute approximate surface area is 148 Å². The van der Waals surface area contributed by atoms with Gasteiger partial charge in [-0.25, -0.2) is 0 Å². The van der Waals surface area contributed by atoms with E-state index in [0.29, 0.717) is 16.7 Å². The number of phenolic OH excluding ortho intramolecular Hbond substituents is 2. The minimum atomic E-state index is -0.328. The molecule has 0 unspecified atom stereocenters. The van der Waals surface area contributed by atoms with Crippen LogP contribution in [0, 0.1) is 13.8 Å². The second-order valence-corrected chi connectivity index (χ2v) is 6.51. The Kier molecular flexibility index (Phi) is 4.76. The molecule has 1 heterocycles. The molecule has 2 N–H and O–H groups in total. The molecule has 3 aromatic rings. The van der Waals surface area contributed by atoms with Crippen LogP contribution in [0.4, 0.5) is 0 Å². The van der Waals surface area contributed by atoms with Gasteiger partial charge in [0.2, 0.25) is 5.89 Å². The molecule has 0 bridgehead atoms. The Hall–Kier alpha value is -2.80. The van der Waals surface area contributed by atoms with E-state index in [9.17, 15) is 15.0 Å². The number of carbonyl (C=O) groups is 1. The zero-order chi connectivity index (χ0) is 18.0. The molecule has 0 fully saturated rings. The second kappa shape index (κ2) is 6.98. The predicted molar refractivity (Wildman–Crippen MR) is 94.0 cm³/mol. The average Bonchev–Trinajstić information content (AvgIpc) is 3.06. The molecule has 0 aliphatic carbocycles. The lowest BCUT2D eigenvalue weighted by atomic mass is 10.1. The number of aryl methyl sites for hydroxylation is 2. The molecule has 0 saturated carbocycles. The zero-order valence-electron chi connectivity index (χ0n) is 13.7. The van der Waals surface area contributed by atoms with Gasteiger partial charge in [-0.05, 0) is 55.3 Å². The summed E-state index contributed by atoms with van der Waals surface area (Å²) in [5.41, 5.74) is 3.45. The summed E-state index contributed by atoms with van der Waals surface area (Å²) >= 11 is 1.12. The van der Waals surface area contributed by atoms with Crippen LogP contribution in [0.5, 0.6) is 11.5 Å². The van der Waals surface area contributed by atoms with Crippen LogP contribution in [0.1, 0.15) is 21.5 Å². The van der Waals surface area contributed by atoms with Crippen molar-refractivity contribution in [1.29, 1.82) is 0 Å². The van der Waals surface area contributed by atoms with E-state index in [0.717, 1.165) is 22.9 Å². The van der Waals surface area contributed by atoms with Crippen molar-refractivity contribution in [2.24, 2.45) is 0 Å². The summed E-state index contributed by atoms with van der Waals surface area (Å²) < 4.78 is 5.59. The highest BCUT2D eigenvalue weighted by Gasteiger charge is 2.14. The third-order valence-electron chi connectivity index (χ3n) is 3.78. The van der Waals surface area contributed by atoms with Gasteiger partial charge in [0.05, 0.1) is 5.75 Å². The maximum atomic E-state index is 12.1. The number of ketones is 1. The van der Waals surface area contributed by atoms with Gasteiger partial charge in [0.15, 0.2) is 17.3 Å². The van der Waals surface area contributed by atoms with Crippen molar-refractivity contribution in [1.82, 2.24) is 10.2 Å². The Morgan fingerprint density at radius 3 is 2.56 bits per heavy atom. The third-order valence-corrected chi connectivity index (χ3v) is 4.60. The van der Waals surface area contributed by atoms with Crippen molar-refractivity contribution in [2.45, 2.75) is 19.1 Å². The van der Waals surface area contributed by atoms with Crippen molar-refractivity contribution in [3.05, 3.63) is 53.1 Å². The van der Waals surface area contributed by atoms with E-state index in [1.54, 1.807) is 0 Å². The summed E-state index contributed by atoms with van der Waals surface area (Å²) in [7, 11) is 0. The molecule has 2 aromatic carbocycles. The zero-order valence-corrected chi connectivity index (χ0v) is 14.5.